The maximum Gasteiger partial charge on any atom is 0.241 e. The van der Waals surface area contributed by atoms with Gasteiger partial charge in [-0.3, -0.25) is 4.99 Å². The highest BCUT2D eigenvalue weighted by atomic mass is 127. The van der Waals surface area contributed by atoms with Gasteiger partial charge in [-0.25, -0.2) is 17.5 Å². The summed E-state index contributed by atoms with van der Waals surface area (Å²) >= 11 is 0. The van der Waals surface area contributed by atoms with Crippen LogP contribution in [0, 0.1) is 12.7 Å². The van der Waals surface area contributed by atoms with E-state index in [1.165, 1.54) is 6.07 Å². The highest BCUT2D eigenvalue weighted by Crippen LogP contribution is 2.18. The number of aryl methyl sites for hydroxylation is 1. The average Bonchev–Trinajstić information content (AvgIpc) is 2.65. The van der Waals surface area contributed by atoms with Crippen LogP contribution < -0.4 is 15.4 Å². The maximum absolute atomic E-state index is 13.9. The second kappa shape index (κ2) is 11.2. The quantitative estimate of drug-likeness (QED) is 0.279. The van der Waals surface area contributed by atoms with Gasteiger partial charge >= 0.3 is 0 Å². The largest absolute Gasteiger partial charge is 0.352 e. The van der Waals surface area contributed by atoms with E-state index in [0.29, 0.717) is 17.1 Å². The number of sulfonamides is 1. The molecule has 6 nitrogen and oxygen atoms in total. The van der Waals surface area contributed by atoms with Crippen molar-refractivity contribution < 1.29 is 12.8 Å². The van der Waals surface area contributed by atoms with Crippen molar-refractivity contribution in [3.8, 4) is 0 Å². The summed E-state index contributed by atoms with van der Waals surface area (Å²) in [5.41, 5.74) is 1.41. The summed E-state index contributed by atoms with van der Waals surface area (Å²) in [6, 6.07) is 11.7. The van der Waals surface area contributed by atoms with E-state index in [0.717, 1.165) is 5.56 Å². The van der Waals surface area contributed by atoms with E-state index < -0.39 is 15.6 Å². The first-order chi connectivity index (χ1) is 13.9. The molecule has 2 aromatic rings. The normalized spacial score (nSPS) is 13.3. The van der Waals surface area contributed by atoms with Gasteiger partial charge in [-0.05, 0) is 63.4 Å². The summed E-state index contributed by atoms with van der Waals surface area (Å²) in [6.45, 7) is 9.28. The number of rotatable bonds is 6. The second-order valence-corrected chi connectivity index (χ2v) is 9.91. The molecule has 0 heterocycles. The molecule has 0 spiro atoms. The SMILES string of the molecule is CN=C(NCc1ccccc1S(=O)(=O)NC(C)(C)C)NC(C)c1ccc(C)c(F)c1.I. The summed E-state index contributed by atoms with van der Waals surface area (Å²) in [5.74, 6) is 0.231. The third kappa shape index (κ3) is 8.04. The lowest BCUT2D eigenvalue weighted by Crippen LogP contribution is -2.41. The molecule has 0 fully saturated rings. The number of hydrogen-bond donors (Lipinski definition) is 3. The zero-order chi connectivity index (χ0) is 22.5. The van der Waals surface area contributed by atoms with Gasteiger partial charge in [0, 0.05) is 19.1 Å². The monoisotopic (exact) mass is 562 g/mol. The zero-order valence-electron chi connectivity index (χ0n) is 18.8. The third-order valence-corrected chi connectivity index (χ3v) is 6.28. The smallest absolute Gasteiger partial charge is 0.241 e. The van der Waals surface area contributed by atoms with Crippen LogP contribution in [0.2, 0.25) is 0 Å². The summed E-state index contributed by atoms with van der Waals surface area (Å²) in [6.07, 6.45) is 0. The van der Waals surface area contributed by atoms with Crippen molar-refractivity contribution in [3.05, 3.63) is 65.0 Å². The lowest BCUT2D eigenvalue weighted by Gasteiger charge is -2.22. The van der Waals surface area contributed by atoms with Crippen LogP contribution >= 0.6 is 24.0 Å². The number of nitrogens with one attached hydrogen (secondary N) is 3. The Morgan fingerprint density at radius 1 is 1.16 bits per heavy atom. The first kappa shape index (κ1) is 27.3. The molecule has 172 valence electrons. The Morgan fingerprint density at radius 2 is 1.81 bits per heavy atom. The molecule has 0 bridgehead atoms. The molecule has 1 unspecified atom stereocenters. The van der Waals surface area contributed by atoms with E-state index >= 15 is 0 Å². The molecule has 0 aliphatic rings. The topological polar surface area (TPSA) is 82.6 Å². The van der Waals surface area contributed by atoms with Gasteiger partial charge in [0.15, 0.2) is 5.96 Å². The van der Waals surface area contributed by atoms with Crippen molar-refractivity contribution in [1.29, 1.82) is 0 Å². The van der Waals surface area contributed by atoms with Crippen molar-refractivity contribution in [2.24, 2.45) is 4.99 Å². The molecule has 2 aromatic carbocycles. The van der Waals surface area contributed by atoms with Crippen molar-refractivity contribution in [2.45, 2.75) is 57.6 Å². The molecule has 2 rings (SSSR count). The van der Waals surface area contributed by atoms with Crippen molar-refractivity contribution in [3.63, 3.8) is 0 Å². The molecule has 9 heteroatoms. The van der Waals surface area contributed by atoms with E-state index in [-0.39, 0.29) is 47.3 Å². The fraction of sp³-hybridized carbons (Fsp3) is 0.409. The second-order valence-electron chi connectivity index (χ2n) is 8.26. The average molecular weight is 562 g/mol. The van der Waals surface area contributed by atoms with E-state index in [4.69, 9.17) is 0 Å². The zero-order valence-corrected chi connectivity index (χ0v) is 21.9. The minimum atomic E-state index is -3.67. The van der Waals surface area contributed by atoms with Crippen LogP contribution in [0.3, 0.4) is 0 Å². The van der Waals surface area contributed by atoms with Crippen LogP contribution in [0.4, 0.5) is 4.39 Å². The summed E-state index contributed by atoms with van der Waals surface area (Å²) in [5, 5.41) is 6.34. The molecule has 0 saturated heterocycles. The first-order valence-corrected chi connectivity index (χ1v) is 11.3. The number of guanidine groups is 1. The lowest BCUT2D eigenvalue weighted by atomic mass is 10.1. The highest BCUT2D eigenvalue weighted by Gasteiger charge is 2.24. The molecular weight excluding hydrogens is 530 g/mol. The van der Waals surface area contributed by atoms with Crippen molar-refractivity contribution in [1.82, 2.24) is 15.4 Å². The van der Waals surface area contributed by atoms with Gasteiger partial charge in [-0.2, -0.15) is 0 Å². The fourth-order valence-electron chi connectivity index (χ4n) is 2.91. The predicted octanol–water partition coefficient (Wildman–Crippen LogP) is 4.26. The summed E-state index contributed by atoms with van der Waals surface area (Å²) in [4.78, 5) is 4.41. The highest BCUT2D eigenvalue weighted by molar-refractivity contribution is 14.0. The number of aliphatic imine (C=N–C) groups is 1. The van der Waals surface area contributed by atoms with E-state index in [2.05, 4.69) is 20.3 Å². The standard InChI is InChI=1S/C22H31FN4O2S.HI/c1-15-11-12-17(13-19(15)23)16(2)26-21(24-6)25-14-18-9-7-8-10-20(18)30(28,29)27-22(3,4)5;/h7-13,16,27H,14H2,1-6H3,(H2,24,25,26);1H. The third-order valence-electron chi connectivity index (χ3n) is 4.42. The van der Waals surface area contributed by atoms with Crippen molar-refractivity contribution >= 4 is 40.0 Å². The lowest BCUT2D eigenvalue weighted by molar-refractivity contribution is 0.491. The molecule has 3 N–H and O–H groups in total. The molecule has 31 heavy (non-hydrogen) atoms. The molecule has 0 aliphatic carbocycles. The van der Waals surface area contributed by atoms with E-state index in [1.54, 1.807) is 65.1 Å². The molecule has 0 saturated carbocycles. The fourth-order valence-corrected chi connectivity index (χ4v) is 4.57. The van der Waals surface area contributed by atoms with Gasteiger partial charge < -0.3 is 10.6 Å². The first-order valence-electron chi connectivity index (χ1n) is 9.78. The Kier molecular flexibility index (Phi) is 9.90. The minimum absolute atomic E-state index is 0. The minimum Gasteiger partial charge on any atom is -0.352 e. The Hall–Kier alpha value is -1.72. The Balaban J connectivity index is 0.00000480. The van der Waals surface area contributed by atoms with Gasteiger partial charge in [0.05, 0.1) is 10.9 Å². The molecule has 0 aromatic heterocycles. The Morgan fingerprint density at radius 3 is 2.39 bits per heavy atom. The molecule has 0 aliphatic heterocycles. The van der Waals surface area contributed by atoms with Crippen LogP contribution in [0.25, 0.3) is 0 Å². The predicted molar refractivity (Wildman–Crippen MR) is 135 cm³/mol. The number of halogens is 2. The molecular formula is C22H32FIN4O2S. The maximum atomic E-state index is 13.9. The van der Waals surface area contributed by atoms with Gasteiger partial charge in [0.25, 0.3) is 0 Å². The van der Waals surface area contributed by atoms with Gasteiger partial charge in [-0.15, -0.1) is 24.0 Å². The van der Waals surface area contributed by atoms with Gasteiger partial charge in [0.1, 0.15) is 5.82 Å². The summed E-state index contributed by atoms with van der Waals surface area (Å²) < 4.78 is 42.1. The van der Waals surface area contributed by atoms with E-state index in [9.17, 15) is 12.8 Å². The number of nitrogens with zero attached hydrogens (tertiary/aromatic N) is 1. The number of hydrogen-bond acceptors (Lipinski definition) is 3. The van der Waals surface area contributed by atoms with Crippen LogP contribution in [0.15, 0.2) is 52.4 Å². The van der Waals surface area contributed by atoms with Gasteiger partial charge in [0.2, 0.25) is 10.0 Å². The molecule has 0 amide bonds. The van der Waals surface area contributed by atoms with Crippen LogP contribution in [-0.2, 0) is 16.6 Å². The van der Waals surface area contributed by atoms with E-state index in [1.807, 2.05) is 13.0 Å². The Bertz CT molecular complexity index is 1020. The Labute approximate surface area is 202 Å². The van der Waals surface area contributed by atoms with Crippen LogP contribution in [-0.4, -0.2) is 27.0 Å². The van der Waals surface area contributed by atoms with Crippen molar-refractivity contribution in [2.75, 3.05) is 7.05 Å². The molecule has 0 radical (unpaired) electrons. The van der Waals surface area contributed by atoms with Crippen LogP contribution in [0.5, 0.6) is 0 Å². The number of benzene rings is 2. The molecule has 1 atom stereocenters. The van der Waals surface area contributed by atoms with Crippen LogP contribution in [0.1, 0.15) is 50.4 Å². The van der Waals surface area contributed by atoms with Gasteiger partial charge in [-0.1, -0.05) is 30.3 Å². The summed E-state index contributed by atoms with van der Waals surface area (Å²) in [7, 11) is -2.04.